The first kappa shape index (κ1) is 18.2. The van der Waals surface area contributed by atoms with Crippen LogP contribution in [0.2, 0.25) is 0 Å². The number of phenols is 1. The quantitative estimate of drug-likeness (QED) is 0.673. The summed E-state index contributed by atoms with van der Waals surface area (Å²) in [4.78, 5) is 7.65. The number of hydrogen-bond donors (Lipinski definition) is 2. The van der Waals surface area contributed by atoms with E-state index in [9.17, 15) is 10.2 Å². The highest BCUT2D eigenvalue weighted by molar-refractivity contribution is 5.79. The average Bonchev–Trinajstić information content (AvgIpc) is 3.41. The van der Waals surface area contributed by atoms with Gasteiger partial charge in [-0.3, -0.25) is 9.88 Å². The summed E-state index contributed by atoms with van der Waals surface area (Å²) in [5.74, 6) is 0.371. The summed E-state index contributed by atoms with van der Waals surface area (Å²) in [6, 6.07) is 16.8. The molecule has 0 amide bonds. The molecule has 0 radical (unpaired) electrons. The molecule has 158 valence electrons. The minimum atomic E-state index is -0.454. The molecule has 4 aliphatic rings. The third-order valence-corrected chi connectivity index (χ3v) is 8.77. The van der Waals surface area contributed by atoms with E-state index in [1.807, 2.05) is 12.1 Å². The van der Waals surface area contributed by atoms with Crippen LogP contribution in [0.1, 0.15) is 41.6 Å². The summed E-state index contributed by atoms with van der Waals surface area (Å²) in [5, 5.41) is 22.2. The van der Waals surface area contributed by atoms with Gasteiger partial charge in [-0.1, -0.05) is 24.3 Å². The third-order valence-electron chi connectivity index (χ3n) is 8.77. The Balaban J connectivity index is 1.38. The van der Waals surface area contributed by atoms with Gasteiger partial charge in [-0.2, -0.15) is 0 Å². The highest BCUT2D eigenvalue weighted by Crippen LogP contribution is 2.62. The van der Waals surface area contributed by atoms with Crippen molar-refractivity contribution in [1.29, 1.82) is 0 Å². The van der Waals surface area contributed by atoms with E-state index in [4.69, 9.17) is 4.98 Å². The Hall–Kier alpha value is -2.43. The standard InChI is InChI=1S/C27H28N2O2/c30-21-6-5-19-13-25-14-20-11-18-3-1-2-4-23(18)28-24(20)15-27(25,22(19)12-21)9-10-29(16-25)17-26(31)7-8-26/h1-6,11-12,30-31H,7-10,13-17H2/t25-,27-/m1/s1. The minimum absolute atomic E-state index is 0.0200. The predicted molar refractivity (Wildman–Crippen MR) is 120 cm³/mol. The first-order chi connectivity index (χ1) is 15.0. The normalized spacial score (nSPS) is 30.4. The Morgan fingerprint density at radius 2 is 1.77 bits per heavy atom. The van der Waals surface area contributed by atoms with Crippen LogP contribution >= 0.6 is 0 Å². The molecule has 2 heterocycles. The number of benzene rings is 2. The summed E-state index contributed by atoms with van der Waals surface area (Å²) in [7, 11) is 0. The topological polar surface area (TPSA) is 56.6 Å². The van der Waals surface area contributed by atoms with Gasteiger partial charge in [-0.05, 0) is 79.6 Å². The van der Waals surface area contributed by atoms with E-state index in [2.05, 4.69) is 41.3 Å². The van der Waals surface area contributed by atoms with Gasteiger partial charge in [0.25, 0.3) is 0 Å². The molecule has 2 atom stereocenters. The van der Waals surface area contributed by atoms with Gasteiger partial charge in [0, 0.05) is 41.4 Å². The lowest BCUT2D eigenvalue weighted by Gasteiger charge is -2.56. The van der Waals surface area contributed by atoms with Crippen LogP contribution in [0, 0.1) is 5.41 Å². The molecule has 0 unspecified atom stereocenters. The van der Waals surface area contributed by atoms with E-state index in [1.165, 1.54) is 27.8 Å². The minimum Gasteiger partial charge on any atom is -0.508 e. The van der Waals surface area contributed by atoms with Gasteiger partial charge in [0.1, 0.15) is 5.75 Å². The van der Waals surface area contributed by atoms with Crippen LogP contribution in [0.4, 0.5) is 0 Å². The molecular formula is C27H28N2O2. The summed E-state index contributed by atoms with van der Waals surface area (Å²) >= 11 is 0. The number of nitrogens with zero attached hydrogens (tertiary/aromatic N) is 2. The van der Waals surface area contributed by atoms with Crippen LogP contribution in [0.15, 0.2) is 48.5 Å². The first-order valence-corrected chi connectivity index (χ1v) is 11.6. The second-order valence-electron chi connectivity index (χ2n) is 10.7. The molecule has 3 aromatic rings. The fourth-order valence-corrected chi connectivity index (χ4v) is 7.12. The van der Waals surface area contributed by atoms with Crippen molar-refractivity contribution in [2.75, 3.05) is 19.6 Å². The smallest absolute Gasteiger partial charge is 0.115 e. The van der Waals surface area contributed by atoms with Crippen LogP contribution in [0.5, 0.6) is 5.75 Å². The van der Waals surface area contributed by atoms with E-state index in [-0.39, 0.29) is 10.8 Å². The van der Waals surface area contributed by atoms with Gasteiger partial charge in [0.2, 0.25) is 0 Å². The summed E-state index contributed by atoms with van der Waals surface area (Å²) in [6.45, 7) is 2.81. The van der Waals surface area contributed by atoms with Crippen molar-refractivity contribution in [3.63, 3.8) is 0 Å². The number of β-amino-alcohol motifs (C(OH)–C–C–N with tert-alkyl or cyclic N) is 1. The lowest BCUT2D eigenvalue weighted by atomic mass is 9.52. The molecule has 2 fully saturated rings. The lowest BCUT2D eigenvalue weighted by Crippen LogP contribution is -2.61. The van der Waals surface area contributed by atoms with Gasteiger partial charge < -0.3 is 10.2 Å². The Bertz CT molecular complexity index is 1230. The molecule has 0 spiro atoms. The highest BCUT2D eigenvalue weighted by atomic mass is 16.3. The maximum atomic E-state index is 10.6. The van der Waals surface area contributed by atoms with Crippen LogP contribution in [0.3, 0.4) is 0 Å². The van der Waals surface area contributed by atoms with Gasteiger partial charge in [-0.15, -0.1) is 0 Å². The molecule has 31 heavy (non-hydrogen) atoms. The number of likely N-dealkylation sites (tertiary alicyclic amines) is 1. The van der Waals surface area contributed by atoms with E-state index < -0.39 is 5.60 Å². The van der Waals surface area contributed by atoms with Gasteiger partial charge in [0.05, 0.1) is 11.1 Å². The fourth-order valence-electron chi connectivity index (χ4n) is 7.12. The second kappa shape index (κ2) is 5.87. The zero-order valence-electron chi connectivity index (χ0n) is 17.8. The zero-order valence-corrected chi connectivity index (χ0v) is 17.8. The van der Waals surface area contributed by atoms with Crippen molar-refractivity contribution in [1.82, 2.24) is 9.88 Å². The third kappa shape index (κ3) is 2.52. The second-order valence-corrected chi connectivity index (χ2v) is 10.7. The number of pyridine rings is 1. The number of fused-ring (bicyclic) bond motifs is 3. The summed E-state index contributed by atoms with van der Waals surface area (Å²) < 4.78 is 0. The fraction of sp³-hybridized carbons (Fsp3) is 0.444. The van der Waals surface area contributed by atoms with Crippen LogP contribution in [-0.4, -0.2) is 45.3 Å². The number of aromatic nitrogens is 1. The van der Waals surface area contributed by atoms with Crippen LogP contribution in [0.25, 0.3) is 10.9 Å². The number of aromatic hydroxyl groups is 1. The van der Waals surface area contributed by atoms with Gasteiger partial charge in [-0.25, -0.2) is 0 Å². The first-order valence-electron chi connectivity index (χ1n) is 11.6. The molecule has 7 rings (SSSR count). The monoisotopic (exact) mass is 412 g/mol. The molecule has 1 aromatic heterocycles. The van der Waals surface area contributed by atoms with Crippen molar-refractivity contribution < 1.29 is 10.2 Å². The van der Waals surface area contributed by atoms with E-state index in [0.29, 0.717) is 5.75 Å². The van der Waals surface area contributed by atoms with Crippen LogP contribution < -0.4 is 0 Å². The Morgan fingerprint density at radius 1 is 0.935 bits per heavy atom. The number of hydrogen-bond acceptors (Lipinski definition) is 4. The molecule has 4 nitrogen and oxygen atoms in total. The van der Waals surface area contributed by atoms with Gasteiger partial charge >= 0.3 is 0 Å². The predicted octanol–water partition coefficient (Wildman–Crippen LogP) is 3.75. The highest BCUT2D eigenvalue weighted by Gasteiger charge is 2.62. The van der Waals surface area contributed by atoms with Crippen LogP contribution in [-0.2, 0) is 24.7 Å². The van der Waals surface area contributed by atoms with Crippen molar-refractivity contribution in [3.8, 4) is 5.75 Å². The number of para-hydroxylation sites is 1. The van der Waals surface area contributed by atoms with Crippen molar-refractivity contribution in [3.05, 3.63) is 70.9 Å². The molecule has 2 aromatic carbocycles. The maximum absolute atomic E-state index is 10.6. The molecule has 2 N–H and O–H groups in total. The number of phenolic OH excluding ortho intramolecular Hbond substituents is 1. The van der Waals surface area contributed by atoms with E-state index in [0.717, 1.165) is 63.7 Å². The van der Waals surface area contributed by atoms with E-state index >= 15 is 0 Å². The molecular weight excluding hydrogens is 384 g/mol. The SMILES string of the molecule is Oc1ccc2c(c1)[C@]13CCN(CC4(O)CC4)C[C@@]1(C2)Cc1cc2ccccc2nc1C3. The molecule has 0 bridgehead atoms. The van der Waals surface area contributed by atoms with Crippen molar-refractivity contribution in [2.24, 2.45) is 5.41 Å². The largest absolute Gasteiger partial charge is 0.508 e. The Labute approximate surface area is 182 Å². The van der Waals surface area contributed by atoms with Gasteiger partial charge in [0.15, 0.2) is 0 Å². The number of piperidine rings is 1. The molecule has 4 heteroatoms. The number of aliphatic hydroxyl groups is 1. The number of rotatable bonds is 2. The van der Waals surface area contributed by atoms with Crippen molar-refractivity contribution >= 4 is 10.9 Å². The van der Waals surface area contributed by atoms with Crippen molar-refractivity contribution in [2.45, 2.75) is 49.5 Å². The molecule has 1 saturated heterocycles. The summed E-state index contributed by atoms with van der Waals surface area (Å²) in [5.41, 5.74) is 6.10. The Morgan fingerprint density at radius 3 is 2.65 bits per heavy atom. The zero-order chi connectivity index (χ0) is 20.8. The molecule has 3 aliphatic carbocycles. The molecule has 1 aliphatic heterocycles. The molecule has 1 saturated carbocycles. The maximum Gasteiger partial charge on any atom is 0.115 e. The average molecular weight is 413 g/mol. The lowest BCUT2D eigenvalue weighted by molar-refractivity contribution is -0.0200. The van der Waals surface area contributed by atoms with E-state index in [1.54, 1.807) is 0 Å². The summed E-state index contributed by atoms with van der Waals surface area (Å²) in [6.07, 6.45) is 5.95. The Kier molecular flexibility index (Phi) is 3.44.